The molecule has 0 aromatic carbocycles. The summed E-state index contributed by atoms with van der Waals surface area (Å²) in [5.74, 6) is 0.576. The second-order valence-electron chi connectivity index (χ2n) is 4.18. The quantitative estimate of drug-likeness (QED) is 0.791. The van der Waals surface area contributed by atoms with Crippen LogP contribution < -0.4 is 5.32 Å². The van der Waals surface area contributed by atoms with E-state index >= 15 is 0 Å². The predicted octanol–water partition coefficient (Wildman–Crippen LogP) is 2.33. The van der Waals surface area contributed by atoms with Gasteiger partial charge in [-0.25, -0.2) is 0 Å². The zero-order chi connectivity index (χ0) is 9.80. The molecule has 0 bridgehead atoms. The van der Waals surface area contributed by atoms with Crippen molar-refractivity contribution in [3.63, 3.8) is 0 Å². The second-order valence-corrected chi connectivity index (χ2v) is 4.18. The van der Waals surface area contributed by atoms with Crippen molar-refractivity contribution in [3.8, 4) is 0 Å². The molecule has 1 aromatic rings. The Morgan fingerprint density at radius 1 is 1.57 bits per heavy atom. The van der Waals surface area contributed by atoms with Crippen molar-refractivity contribution >= 4 is 0 Å². The van der Waals surface area contributed by atoms with Gasteiger partial charge in [-0.3, -0.25) is 4.98 Å². The molecule has 2 heteroatoms. The second kappa shape index (κ2) is 4.56. The number of rotatable bonds is 3. The minimum Gasteiger partial charge on any atom is -0.314 e. The van der Waals surface area contributed by atoms with Gasteiger partial charge in [0.2, 0.25) is 0 Å². The third kappa shape index (κ3) is 2.32. The van der Waals surface area contributed by atoms with Crippen LogP contribution in [-0.2, 0) is 0 Å². The van der Waals surface area contributed by atoms with E-state index in [0.717, 1.165) is 0 Å². The molecule has 0 amide bonds. The molecule has 2 atom stereocenters. The Morgan fingerprint density at radius 3 is 3.14 bits per heavy atom. The van der Waals surface area contributed by atoms with Crippen LogP contribution in [0.1, 0.15) is 37.8 Å². The molecule has 1 aromatic heterocycles. The molecule has 2 rings (SSSR count). The van der Waals surface area contributed by atoms with E-state index in [1.807, 2.05) is 12.3 Å². The van der Waals surface area contributed by atoms with Gasteiger partial charge in [-0.15, -0.1) is 0 Å². The number of pyridine rings is 1. The summed E-state index contributed by atoms with van der Waals surface area (Å²) in [5.41, 5.74) is 1.22. The number of hydrogen-bond donors (Lipinski definition) is 1. The Balaban J connectivity index is 1.92. The molecular weight excluding hydrogens is 172 g/mol. The average Bonchev–Trinajstić information content (AvgIpc) is 2.72. The molecule has 1 N–H and O–H groups in total. The van der Waals surface area contributed by atoms with Gasteiger partial charge in [0.15, 0.2) is 0 Å². The molecule has 0 spiro atoms. The van der Waals surface area contributed by atoms with E-state index < -0.39 is 0 Å². The third-order valence-corrected chi connectivity index (χ3v) is 2.99. The highest BCUT2D eigenvalue weighted by Gasteiger charge is 2.18. The van der Waals surface area contributed by atoms with Gasteiger partial charge in [-0.1, -0.05) is 13.0 Å². The SMILES string of the molecule is CC(CC1CCCN1)c1ccccn1. The van der Waals surface area contributed by atoms with Crippen LogP contribution in [0.15, 0.2) is 24.4 Å². The maximum absolute atomic E-state index is 4.39. The molecule has 1 aliphatic heterocycles. The fourth-order valence-corrected chi connectivity index (χ4v) is 2.17. The third-order valence-electron chi connectivity index (χ3n) is 2.99. The lowest BCUT2D eigenvalue weighted by Gasteiger charge is -2.15. The number of hydrogen-bond acceptors (Lipinski definition) is 2. The molecule has 76 valence electrons. The van der Waals surface area contributed by atoms with Crippen LogP contribution in [-0.4, -0.2) is 17.6 Å². The van der Waals surface area contributed by atoms with E-state index in [9.17, 15) is 0 Å². The van der Waals surface area contributed by atoms with Gasteiger partial charge in [-0.2, -0.15) is 0 Å². The van der Waals surface area contributed by atoms with Gasteiger partial charge in [0.25, 0.3) is 0 Å². The summed E-state index contributed by atoms with van der Waals surface area (Å²) in [7, 11) is 0. The van der Waals surface area contributed by atoms with Gasteiger partial charge in [0.1, 0.15) is 0 Å². The van der Waals surface area contributed by atoms with E-state index in [-0.39, 0.29) is 0 Å². The number of nitrogens with one attached hydrogen (secondary N) is 1. The standard InChI is InChI=1S/C12H18N2/c1-10(9-11-5-4-8-13-11)12-6-2-3-7-14-12/h2-3,6-7,10-11,13H,4-5,8-9H2,1H3. The first-order chi connectivity index (χ1) is 6.86. The Labute approximate surface area is 85.7 Å². The van der Waals surface area contributed by atoms with Crippen molar-refractivity contribution in [1.82, 2.24) is 10.3 Å². The Kier molecular flexibility index (Phi) is 3.14. The number of aromatic nitrogens is 1. The van der Waals surface area contributed by atoms with Crippen molar-refractivity contribution in [3.05, 3.63) is 30.1 Å². The zero-order valence-electron chi connectivity index (χ0n) is 8.74. The van der Waals surface area contributed by atoms with Crippen molar-refractivity contribution in [2.75, 3.05) is 6.54 Å². The molecular formula is C12H18N2. The number of nitrogens with zero attached hydrogens (tertiary/aromatic N) is 1. The normalized spacial score (nSPS) is 23.6. The highest BCUT2D eigenvalue weighted by atomic mass is 14.9. The molecule has 0 saturated carbocycles. The lowest BCUT2D eigenvalue weighted by molar-refractivity contribution is 0.504. The van der Waals surface area contributed by atoms with Crippen LogP contribution in [0.4, 0.5) is 0 Å². The van der Waals surface area contributed by atoms with E-state index in [0.29, 0.717) is 12.0 Å². The van der Waals surface area contributed by atoms with Crippen molar-refractivity contribution < 1.29 is 0 Å². The molecule has 14 heavy (non-hydrogen) atoms. The topological polar surface area (TPSA) is 24.9 Å². The molecule has 2 unspecified atom stereocenters. The molecule has 0 aliphatic carbocycles. The van der Waals surface area contributed by atoms with Crippen LogP contribution in [0.2, 0.25) is 0 Å². The van der Waals surface area contributed by atoms with E-state index in [4.69, 9.17) is 0 Å². The monoisotopic (exact) mass is 190 g/mol. The van der Waals surface area contributed by atoms with Gasteiger partial charge >= 0.3 is 0 Å². The van der Waals surface area contributed by atoms with Gasteiger partial charge in [-0.05, 0) is 43.9 Å². The molecule has 1 aliphatic rings. The summed E-state index contributed by atoms with van der Waals surface area (Å²) in [5, 5.41) is 3.53. The van der Waals surface area contributed by atoms with E-state index in [1.54, 1.807) is 0 Å². The van der Waals surface area contributed by atoms with Crippen molar-refractivity contribution in [2.45, 2.75) is 38.1 Å². The maximum Gasteiger partial charge on any atom is 0.0432 e. The van der Waals surface area contributed by atoms with Gasteiger partial charge in [0.05, 0.1) is 0 Å². The summed E-state index contributed by atoms with van der Waals surface area (Å²) < 4.78 is 0. The zero-order valence-corrected chi connectivity index (χ0v) is 8.74. The summed E-state index contributed by atoms with van der Waals surface area (Å²) in [6.45, 7) is 3.46. The largest absolute Gasteiger partial charge is 0.314 e. The molecule has 0 radical (unpaired) electrons. The van der Waals surface area contributed by atoms with Crippen LogP contribution in [0, 0.1) is 0 Å². The van der Waals surface area contributed by atoms with Crippen molar-refractivity contribution in [1.29, 1.82) is 0 Å². The summed E-state index contributed by atoms with van der Waals surface area (Å²) in [4.78, 5) is 4.39. The van der Waals surface area contributed by atoms with Gasteiger partial charge in [0, 0.05) is 17.9 Å². The minimum atomic E-state index is 0.576. The maximum atomic E-state index is 4.39. The fraction of sp³-hybridized carbons (Fsp3) is 0.583. The molecule has 2 nitrogen and oxygen atoms in total. The fourth-order valence-electron chi connectivity index (χ4n) is 2.17. The van der Waals surface area contributed by atoms with Crippen LogP contribution in [0.5, 0.6) is 0 Å². The first-order valence-electron chi connectivity index (χ1n) is 5.50. The predicted molar refractivity (Wildman–Crippen MR) is 58.3 cm³/mol. The average molecular weight is 190 g/mol. The molecule has 1 saturated heterocycles. The van der Waals surface area contributed by atoms with E-state index in [2.05, 4.69) is 29.4 Å². The van der Waals surface area contributed by atoms with Crippen molar-refractivity contribution in [2.24, 2.45) is 0 Å². The Morgan fingerprint density at radius 2 is 2.50 bits per heavy atom. The van der Waals surface area contributed by atoms with Crippen LogP contribution >= 0.6 is 0 Å². The minimum absolute atomic E-state index is 0.576. The summed E-state index contributed by atoms with van der Waals surface area (Å²) >= 11 is 0. The smallest absolute Gasteiger partial charge is 0.0432 e. The summed E-state index contributed by atoms with van der Waals surface area (Å²) in [6.07, 6.45) is 5.77. The van der Waals surface area contributed by atoms with Crippen LogP contribution in [0.3, 0.4) is 0 Å². The molecule has 2 heterocycles. The first-order valence-corrected chi connectivity index (χ1v) is 5.50. The first kappa shape index (κ1) is 9.66. The highest BCUT2D eigenvalue weighted by molar-refractivity contribution is 5.08. The Bertz CT molecular complexity index is 265. The van der Waals surface area contributed by atoms with Crippen LogP contribution in [0.25, 0.3) is 0 Å². The Hall–Kier alpha value is -0.890. The van der Waals surface area contributed by atoms with Gasteiger partial charge < -0.3 is 5.32 Å². The lowest BCUT2D eigenvalue weighted by atomic mass is 9.97. The summed E-state index contributed by atoms with van der Waals surface area (Å²) in [6, 6.07) is 6.89. The highest BCUT2D eigenvalue weighted by Crippen LogP contribution is 2.21. The lowest BCUT2D eigenvalue weighted by Crippen LogP contribution is -2.23. The van der Waals surface area contributed by atoms with E-state index in [1.165, 1.54) is 31.5 Å². The molecule has 1 fully saturated rings.